The molecule has 1 aromatic rings. The van der Waals surface area contributed by atoms with E-state index in [-0.39, 0.29) is 11.9 Å². The molecule has 1 atom stereocenters. The molecule has 19 heavy (non-hydrogen) atoms. The molecule has 2 N–H and O–H groups in total. The third-order valence-electron chi connectivity index (χ3n) is 3.37. The zero-order chi connectivity index (χ0) is 13.2. The molecular weight excluding hydrogens is 264 g/mol. The maximum Gasteiger partial charge on any atom is 0.250 e. The highest BCUT2D eigenvalue weighted by molar-refractivity contribution is 6.30. The van der Waals surface area contributed by atoms with Crippen molar-refractivity contribution in [3.8, 4) is 5.75 Å². The van der Waals surface area contributed by atoms with Crippen molar-refractivity contribution in [1.29, 1.82) is 0 Å². The maximum atomic E-state index is 12.1. The number of ether oxygens (including phenoxy) is 1. The van der Waals surface area contributed by atoms with Gasteiger partial charge in [-0.15, -0.1) is 0 Å². The van der Waals surface area contributed by atoms with Gasteiger partial charge in [0.1, 0.15) is 12.4 Å². The van der Waals surface area contributed by atoms with Crippen molar-refractivity contribution in [3.63, 3.8) is 0 Å². The van der Waals surface area contributed by atoms with Crippen LogP contribution in [0.3, 0.4) is 0 Å². The Balaban J connectivity index is 1.76. The average Bonchev–Trinajstić information content (AvgIpc) is 2.90. The Morgan fingerprint density at radius 3 is 3.16 bits per heavy atom. The molecule has 0 aliphatic carbocycles. The van der Waals surface area contributed by atoms with Crippen LogP contribution in [-0.2, 0) is 4.79 Å². The molecule has 1 aromatic carbocycles. The third-order valence-corrected chi connectivity index (χ3v) is 3.61. The summed E-state index contributed by atoms with van der Waals surface area (Å²) in [5, 5.41) is 6.87. The van der Waals surface area contributed by atoms with Gasteiger partial charge in [-0.2, -0.15) is 0 Å². The van der Waals surface area contributed by atoms with Crippen LogP contribution in [0.2, 0.25) is 5.02 Å². The molecule has 1 amide bonds. The van der Waals surface area contributed by atoms with E-state index in [1.54, 1.807) is 12.1 Å². The van der Waals surface area contributed by atoms with E-state index in [2.05, 4.69) is 10.6 Å². The zero-order valence-electron chi connectivity index (χ0n) is 10.4. The standard InChI is InChI=1S/C14H15ClN2O2/c15-11-1-2-13-9(6-11)5-10(8-19-13)14(18)17-12-3-4-16-7-12/h1-2,5-6,12,16H,3-4,7-8H2,(H,17,18). The number of halogens is 1. The minimum atomic E-state index is -0.0562. The summed E-state index contributed by atoms with van der Waals surface area (Å²) >= 11 is 5.95. The lowest BCUT2D eigenvalue weighted by Gasteiger charge is -2.19. The molecule has 2 aliphatic rings. The molecule has 0 aromatic heterocycles. The highest BCUT2D eigenvalue weighted by Crippen LogP contribution is 2.28. The summed E-state index contributed by atoms with van der Waals surface area (Å²) in [6.07, 6.45) is 2.82. The maximum absolute atomic E-state index is 12.1. The summed E-state index contributed by atoms with van der Waals surface area (Å²) < 4.78 is 5.57. The molecule has 4 nitrogen and oxygen atoms in total. The van der Waals surface area contributed by atoms with Gasteiger partial charge in [-0.3, -0.25) is 4.79 Å². The Hall–Kier alpha value is -1.52. The second kappa shape index (κ2) is 5.23. The Morgan fingerprint density at radius 2 is 2.37 bits per heavy atom. The molecule has 2 heterocycles. The first kappa shape index (κ1) is 12.5. The summed E-state index contributed by atoms with van der Waals surface area (Å²) in [5.74, 6) is 0.711. The van der Waals surface area contributed by atoms with Crippen LogP contribution in [0.4, 0.5) is 0 Å². The minimum Gasteiger partial charge on any atom is -0.488 e. The van der Waals surface area contributed by atoms with Gasteiger partial charge in [0.05, 0.1) is 5.57 Å². The SMILES string of the molecule is O=C(NC1CCNC1)C1=Cc2cc(Cl)ccc2OC1. The molecule has 3 rings (SSSR count). The number of rotatable bonds is 2. The van der Waals surface area contributed by atoms with Crippen molar-refractivity contribution in [3.05, 3.63) is 34.4 Å². The minimum absolute atomic E-state index is 0.0562. The van der Waals surface area contributed by atoms with Crippen LogP contribution >= 0.6 is 11.6 Å². The number of hydrogen-bond acceptors (Lipinski definition) is 3. The number of hydrogen-bond donors (Lipinski definition) is 2. The third kappa shape index (κ3) is 2.74. The molecule has 0 spiro atoms. The summed E-state index contributed by atoms with van der Waals surface area (Å²) in [5.41, 5.74) is 1.50. The van der Waals surface area contributed by atoms with Crippen LogP contribution in [0.1, 0.15) is 12.0 Å². The van der Waals surface area contributed by atoms with E-state index in [1.807, 2.05) is 12.1 Å². The van der Waals surface area contributed by atoms with E-state index in [0.29, 0.717) is 17.2 Å². The van der Waals surface area contributed by atoms with Gasteiger partial charge in [0, 0.05) is 23.2 Å². The molecule has 0 bridgehead atoms. The molecule has 1 unspecified atom stereocenters. The number of carbonyl (C=O) groups excluding carboxylic acids is 1. The molecule has 100 valence electrons. The van der Waals surface area contributed by atoms with Gasteiger partial charge in [0.15, 0.2) is 0 Å². The zero-order valence-corrected chi connectivity index (χ0v) is 11.2. The number of carbonyl (C=O) groups is 1. The van der Waals surface area contributed by atoms with Gasteiger partial charge >= 0.3 is 0 Å². The number of amides is 1. The van der Waals surface area contributed by atoms with Gasteiger partial charge in [-0.05, 0) is 37.2 Å². The van der Waals surface area contributed by atoms with Crippen LogP contribution in [0.25, 0.3) is 6.08 Å². The van der Waals surface area contributed by atoms with Crippen LogP contribution < -0.4 is 15.4 Å². The predicted molar refractivity (Wildman–Crippen MR) is 74.3 cm³/mol. The molecule has 1 fully saturated rings. The van der Waals surface area contributed by atoms with Crippen LogP contribution in [0, 0.1) is 0 Å². The van der Waals surface area contributed by atoms with Gasteiger partial charge in [0.2, 0.25) is 0 Å². The highest BCUT2D eigenvalue weighted by atomic mass is 35.5. The van der Waals surface area contributed by atoms with E-state index in [0.717, 1.165) is 30.8 Å². The summed E-state index contributed by atoms with van der Waals surface area (Å²) in [6, 6.07) is 5.63. The van der Waals surface area contributed by atoms with Crippen molar-refractivity contribution in [2.75, 3.05) is 19.7 Å². The van der Waals surface area contributed by atoms with Crippen molar-refractivity contribution in [2.24, 2.45) is 0 Å². The monoisotopic (exact) mass is 278 g/mol. The predicted octanol–water partition coefficient (Wildman–Crippen LogP) is 1.59. The first-order valence-corrected chi connectivity index (χ1v) is 6.75. The summed E-state index contributed by atoms with van der Waals surface area (Å²) in [7, 11) is 0. The lowest BCUT2D eigenvalue weighted by atomic mass is 10.1. The van der Waals surface area contributed by atoms with E-state index < -0.39 is 0 Å². The summed E-state index contributed by atoms with van der Waals surface area (Å²) in [4.78, 5) is 12.1. The van der Waals surface area contributed by atoms with E-state index in [1.165, 1.54) is 0 Å². The largest absolute Gasteiger partial charge is 0.488 e. The van der Waals surface area contributed by atoms with Crippen molar-refractivity contribution >= 4 is 23.6 Å². The molecule has 0 saturated carbocycles. The Bertz CT molecular complexity index is 536. The van der Waals surface area contributed by atoms with Gasteiger partial charge in [-0.25, -0.2) is 0 Å². The lowest BCUT2D eigenvalue weighted by Crippen LogP contribution is -2.38. The smallest absolute Gasteiger partial charge is 0.250 e. The van der Waals surface area contributed by atoms with Gasteiger partial charge in [-0.1, -0.05) is 11.6 Å². The number of nitrogens with one attached hydrogen (secondary N) is 2. The fraction of sp³-hybridized carbons (Fsp3) is 0.357. The Labute approximate surface area is 116 Å². The summed E-state index contributed by atoms with van der Waals surface area (Å²) in [6.45, 7) is 2.10. The average molecular weight is 279 g/mol. The quantitative estimate of drug-likeness (QED) is 0.864. The second-order valence-corrected chi connectivity index (χ2v) is 5.24. The molecular formula is C14H15ClN2O2. The topological polar surface area (TPSA) is 50.4 Å². The van der Waals surface area contributed by atoms with Gasteiger partial charge in [0.25, 0.3) is 5.91 Å². The molecule has 0 radical (unpaired) electrons. The van der Waals surface area contributed by atoms with Crippen LogP contribution in [0.15, 0.2) is 23.8 Å². The van der Waals surface area contributed by atoms with Crippen LogP contribution in [0.5, 0.6) is 5.75 Å². The second-order valence-electron chi connectivity index (χ2n) is 4.80. The van der Waals surface area contributed by atoms with Crippen molar-refractivity contribution in [2.45, 2.75) is 12.5 Å². The number of benzene rings is 1. The Morgan fingerprint density at radius 1 is 1.47 bits per heavy atom. The first-order valence-electron chi connectivity index (χ1n) is 6.37. The molecule has 2 aliphatic heterocycles. The molecule has 1 saturated heterocycles. The van der Waals surface area contributed by atoms with Gasteiger partial charge < -0.3 is 15.4 Å². The number of fused-ring (bicyclic) bond motifs is 1. The van der Waals surface area contributed by atoms with E-state index in [9.17, 15) is 4.79 Å². The lowest BCUT2D eigenvalue weighted by molar-refractivity contribution is -0.118. The normalized spacial score (nSPS) is 21.3. The Kier molecular flexibility index (Phi) is 3.44. The van der Waals surface area contributed by atoms with Crippen molar-refractivity contribution < 1.29 is 9.53 Å². The fourth-order valence-electron chi connectivity index (χ4n) is 2.34. The fourth-order valence-corrected chi connectivity index (χ4v) is 2.52. The molecule has 5 heteroatoms. The van der Waals surface area contributed by atoms with E-state index in [4.69, 9.17) is 16.3 Å². The van der Waals surface area contributed by atoms with E-state index >= 15 is 0 Å². The van der Waals surface area contributed by atoms with Crippen LogP contribution in [-0.4, -0.2) is 31.6 Å². The highest BCUT2D eigenvalue weighted by Gasteiger charge is 2.21. The van der Waals surface area contributed by atoms with Crippen molar-refractivity contribution in [1.82, 2.24) is 10.6 Å². The first-order chi connectivity index (χ1) is 9.22.